The molecule has 0 bridgehead atoms. The third-order valence-electron chi connectivity index (χ3n) is 6.94. The number of hydrogen-bond acceptors (Lipinski definition) is 5. The molecule has 2 aromatic heterocycles. The quantitative estimate of drug-likeness (QED) is 0.459. The number of aromatic nitrogens is 3. The van der Waals surface area contributed by atoms with Crippen LogP contribution in [0.3, 0.4) is 0 Å². The molecule has 1 saturated carbocycles. The Morgan fingerprint density at radius 3 is 2.68 bits per heavy atom. The number of benzene rings is 1. The molecule has 1 aliphatic heterocycles. The number of likely N-dealkylation sites (tertiary alicyclic amines) is 1. The van der Waals surface area contributed by atoms with Crippen LogP contribution < -0.4 is 10.6 Å². The minimum atomic E-state index is -0.952. The van der Waals surface area contributed by atoms with Crippen molar-refractivity contribution in [1.29, 1.82) is 0 Å². The Hall–Kier alpha value is -3.33. The Labute approximate surface area is 216 Å². The van der Waals surface area contributed by atoms with Gasteiger partial charge in [-0.25, -0.2) is 13.5 Å². The van der Waals surface area contributed by atoms with E-state index in [1.165, 1.54) is 6.07 Å². The molecule has 3 heterocycles. The number of nitrogens with one attached hydrogen (secondary N) is 2. The fourth-order valence-electron chi connectivity index (χ4n) is 4.88. The zero-order valence-corrected chi connectivity index (χ0v) is 21.5. The number of piperidine rings is 1. The summed E-state index contributed by atoms with van der Waals surface area (Å²) in [7, 11) is 0. The van der Waals surface area contributed by atoms with E-state index in [0.29, 0.717) is 23.7 Å². The Kier molecular flexibility index (Phi) is 7.24. The van der Waals surface area contributed by atoms with Crippen molar-refractivity contribution in [3.8, 4) is 16.8 Å². The van der Waals surface area contributed by atoms with Gasteiger partial charge in [0, 0.05) is 55.4 Å². The van der Waals surface area contributed by atoms with Crippen molar-refractivity contribution >= 4 is 11.6 Å². The van der Waals surface area contributed by atoms with Crippen molar-refractivity contribution in [1.82, 2.24) is 25.0 Å². The smallest absolute Gasteiger partial charge is 0.254 e. The Bertz CT molecular complexity index is 1270. The fraction of sp³-hybridized carbons (Fsp3) is 0.464. The molecule has 5 rings (SSSR count). The van der Waals surface area contributed by atoms with Crippen LogP contribution in [0.4, 0.5) is 14.5 Å². The van der Waals surface area contributed by atoms with Crippen molar-refractivity contribution in [2.75, 3.05) is 25.0 Å². The maximum atomic E-state index is 14.9. The predicted octanol–water partition coefficient (Wildman–Crippen LogP) is 4.75. The number of anilines is 1. The van der Waals surface area contributed by atoms with Gasteiger partial charge < -0.3 is 15.5 Å². The molecule has 9 heteroatoms. The standard InChI is InChI=1S/C28H34F2N6O/c1-17(2)14-35-7-6-26(25(30)16-35)33-22-9-19(11-31-13-22)20-12-32-36(15-20)27-10-23(24(29)8-18(27)3)28(37)34-21-4-5-21/h8-13,15,17,21,25-26,33H,4-7,14,16H2,1-3H3,(H,34,37)/t25-,26+/m1/s1. The number of aryl methyl sites for hydroxylation is 1. The number of nitrogens with zero attached hydrogens (tertiary/aromatic N) is 4. The number of carbonyl (C=O) groups is 1. The SMILES string of the molecule is Cc1cc(F)c(C(=O)NC2CC2)cc1-n1cc(-c2cncc(N[C@H]3CCN(CC(C)C)C[C@H]3F)c2)cn1. The van der Waals surface area contributed by atoms with Gasteiger partial charge in [-0.15, -0.1) is 0 Å². The summed E-state index contributed by atoms with van der Waals surface area (Å²) in [6.45, 7) is 8.31. The van der Waals surface area contributed by atoms with Crippen LogP contribution in [0.25, 0.3) is 16.8 Å². The average molecular weight is 509 g/mol. The van der Waals surface area contributed by atoms with Crippen LogP contribution in [0.2, 0.25) is 0 Å². The summed E-state index contributed by atoms with van der Waals surface area (Å²) in [4.78, 5) is 19.0. The molecule has 1 amide bonds. The van der Waals surface area contributed by atoms with Crippen molar-refractivity contribution in [3.63, 3.8) is 0 Å². The van der Waals surface area contributed by atoms with Crippen molar-refractivity contribution in [2.45, 2.75) is 58.3 Å². The van der Waals surface area contributed by atoms with Crippen molar-refractivity contribution in [3.05, 3.63) is 59.9 Å². The zero-order chi connectivity index (χ0) is 26.1. The minimum absolute atomic E-state index is 0.0117. The minimum Gasteiger partial charge on any atom is -0.378 e. The van der Waals surface area contributed by atoms with E-state index < -0.39 is 17.9 Å². The number of rotatable bonds is 8. The highest BCUT2D eigenvalue weighted by Crippen LogP contribution is 2.27. The Morgan fingerprint density at radius 1 is 1.14 bits per heavy atom. The molecule has 2 N–H and O–H groups in total. The molecular weight excluding hydrogens is 474 g/mol. The summed E-state index contributed by atoms with van der Waals surface area (Å²) >= 11 is 0. The fourth-order valence-corrected chi connectivity index (χ4v) is 4.88. The first-order valence-electron chi connectivity index (χ1n) is 13.0. The number of halogens is 2. The van der Waals surface area contributed by atoms with Gasteiger partial charge in [0.05, 0.1) is 29.2 Å². The lowest BCUT2D eigenvalue weighted by atomic mass is 10.0. The molecule has 196 valence electrons. The van der Waals surface area contributed by atoms with Crippen LogP contribution in [0.5, 0.6) is 0 Å². The topological polar surface area (TPSA) is 75.1 Å². The highest BCUT2D eigenvalue weighted by atomic mass is 19.1. The maximum Gasteiger partial charge on any atom is 0.254 e. The molecule has 3 aromatic rings. The summed E-state index contributed by atoms with van der Waals surface area (Å²) < 4.78 is 31.1. The van der Waals surface area contributed by atoms with Gasteiger partial charge in [-0.05, 0) is 55.9 Å². The second-order valence-electron chi connectivity index (χ2n) is 10.7. The average Bonchev–Trinajstić information content (AvgIpc) is 3.52. The van der Waals surface area contributed by atoms with Crippen molar-refractivity contribution < 1.29 is 13.6 Å². The van der Waals surface area contributed by atoms with Crippen LogP contribution in [0, 0.1) is 18.7 Å². The second-order valence-corrected chi connectivity index (χ2v) is 10.7. The van der Waals surface area contributed by atoms with E-state index in [9.17, 15) is 13.6 Å². The van der Waals surface area contributed by atoms with Gasteiger partial charge in [-0.1, -0.05) is 13.8 Å². The normalized spacial score (nSPS) is 20.3. The van der Waals surface area contributed by atoms with Gasteiger partial charge in [-0.3, -0.25) is 9.78 Å². The summed E-state index contributed by atoms with van der Waals surface area (Å²) in [6.07, 6.45) is 8.61. The lowest BCUT2D eigenvalue weighted by Crippen LogP contribution is -2.48. The van der Waals surface area contributed by atoms with Gasteiger partial charge in [0.2, 0.25) is 0 Å². The molecule has 0 unspecified atom stereocenters. The molecule has 37 heavy (non-hydrogen) atoms. The molecule has 1 aliphatic carbocycles. The second kappa shape index (κ2) is 10.6. The lowest BCUT2D eigenvalue weighted by Gasteiger charge is -2.36. The van der Waals surface area contributed by atoms with E-state index in [1.54, 1.807) is 36.3 Å². The third-order valence-corrected chi connectivity index (χ3v) is 6.94. The first-order chi connectivity index (χ1) is 17.8. The molecule has 2 fully saturated rings. The maximum absolute atomic E-state index is 14.9. The van der Waals surface area contributed by atoms with Crippen LogP contribution >= 0.6 is 0 Å². The molecule has 2 aliphatic rings. The molecule has 1 aromatic carbocycles. The van der Waals surface area contributed by atoms with Crippen molar-refractivity contribution in [2.24, 2.45) is 5.92 Å². The molecule has 1 saturated heterocycles. The number of hydrogen-bond donors (Lipinski definition) is 2. The third kappa shape index (κ3) is 5.98. The lowest BCUT2D eigenvalue weighted by molar-refractivity contribution is 0.0947. The van der Waals surface area contributed by atoms with E-state index in [4.69, 9.17) is 0 Å². The number of amides is 1. The molecule has 0 spiro atoms. The van der Waals surface area contributed by atoms with E-state index in [2.05, 4.69) is 39.5 Å². The Morgan fingerprint density at radius 2 is 1.95 bits per heavy atom. The number of carbonyl (C=O) groups excluding carboxylic acids is 1. The van der Waals surface area contributed by atoms with E-state index >= 15 is 0 Å². The Balaban J connectivity index is 1.31. The van der Waals surface area contributed by atoms with Crippen LogP contribution in [0.1, 0.15) is 49.0 Å². The summed E-state index contributed by atoms with van der Waals surface area (Å²) in [5, 5.41) is 10.6. The number of pyridine rings is 1. The van der Waals surface area contributed by atoms with Crippen LogP contribution in [-0.4, -0.2) is 63.5 Å². The predicted molar refractivity (Wildman–Crippen MR) is 140 cm³/mol. The van der Waals surface area contributed by atoms with Gasteiger partial charge in [0.1, 0.15) is 12.0 Å². The van der Waals surface area contributed by atoms with Crippen LogP contribution in [-0.2, 0) is 0 Å². The van der Waals surface area contributed by atoms with E-state index in [-0.39, 0.29) is 17.6 Å². The highest BCUT2D eigenvalue weighted by molar-refractivity contribution is 5.95. The summed E-state index contributed by atoms with van der Waals surface area (Å²) in [6, 6.07) is 4.73. The largest absolute Gasteiger partial charge is 0.378 e. The van der Waals surface area contributed by atoms with Gasteiger partial charge in [-0.2, -0.15) is 5.10 Å². The number of alkyl halides is 1. The first kappa shape index (κ1) is 25.3. The molecular formula is C28H34F2N6O. The molecule has 0 radical (unpaired) electrons. The molecule has 2 atom stereocenters. The molecule has 7 nitrogen and oxygen atoms in total. The van der Waals surface area contributed by atoms with Gasteiger partial charge in [0.25, 0.3) is 5.91 Å². The zero-order valence-electron chi connectivity index (χ0n) is 21.5. The van der Waals surface area contributed by atoms with Gasteiger partial charge in [0.15, 0.2) is 0 Å². The van der Waals surface area contributed by atoms with Gasteiger partial charge >= 0.3 is 0 Å². The monoisotopic (exact) mass is 508 g/mol. The van der Waals surface area contributed by atoms with E-state index in [1.807, 2.05) is 12.3 Å². The highest BCUT2D eigenvalue weighted by Gasteiger charge is 2.29. The summed E-state index contributed by atoms with van der Waals surface area (Å²) in [5.74, 6) is -0.433. The first-order valence-corrected chi connectivity index (χ1v) is 13.0. The van der Waals surface area contributed by atoms with E-state index in [0.717, 1.165) is 49.2 Å². The van der Waals surface area contributed by atoms with Crippen LogP contribution in [0.15, 0.2) is 43.0 Å². The summed E-state index contributed by atoms with van der Waals surface area (Å²) in [5.41, 5.74) is 3.71.